The van der Waals surface area contributed by atoms with Gasteiger partial charge in [-0.25, -0.2) is 12.8 Å². The van der Waals surface area contributed by atoms with Crippen LogP contribution in [0.4, 0.5) is 4.39 Å². The molecule has 5 nitrogen and oxygen atoms in total. The third-order valence-electron chi connectivity index (χ3n) is 4.72. The van der Waals surface area contributed by atoms with Crippen LogP contribution < -0.4 is 0 Å². The van der Waals surface area contributed by atoms with Gasteiger partial charge < -0.3 is 4.74 Å². The van der Waals surface area contributed by atoms with Crippen LogP contribution in [0.2, 0.25) is 0 Å². The zero-order valence-corrected chi connectivity index (χ0v) is 13.8. The van der Waals surface area contributed by atoms with E-state index in [-0.39, 0.29) is 17.4 Å². The molecule has 1 fully saturated rings. The fraction of sp³-hybridized carbons (Fsp3) is 0.562. The number of carbonyl (C=O) groups excluding carboxylic acids is 1. The summed E-state index contributed by atoms with van der Waals surface area (Å²) in [5, 5.41) is 0. The molecule has 23 heavy (non-hydrogen) atoms. The van der Waals surface area contributed by atoms with Crippen molar-refractivity contribution in [3.8, 4) is 0 Å². The van der Waals surface area contributed by atoms with Crippen LogP contribution in [0, 0.1) is 5.82 Å². The highest BCUT2D eigenvalue weighted by Crippen LogP contribution is 2.45. The third-order valence-corrected chi connectivity index (χ3v) is 6.75. The number of carbonyl (C=O) groups is 1. The predicted octanol–water partition coefficient (Wildman–Crippen LogP) is 2.77. The van der Waals surface area contributed by atoms with Gasteiger partial charge in [-0.05, 0) is 36.6 Å². The summed E-state index contributed by atoms with van der Waals surface area (Å²) in [7, 11) is -2.44. The molecule has 0 saturated heterocycles. The lowest BCUT2D eigenvalue weighted by atomic mass is 9.93. The molecule has 1 atom stereocenters. The molecule has 0 spiro atoms. The molecule has 1 aromatic carbocycles. The van der Waals surface area contributed by atoms with Crippen molar-refractivity contribution >= 4 is 16.0 Å². The van der Waals surface area contributed by atoms with Gasteiger partial charge >= 0.3 is 5.97 Å². The lowest BCUT2D eigenvalue weighted by molar-refractivity contribution is -0.141. The number of fused-ring (bicyclic) bond motifs is 1. The molecule has 0 unspecified atom stereocenters. The van der Waals surface area contributed by atoms with Crippen molar-refractivity contribution in [3.05, 3.63) is 29.6 Å². The van der Waals surface area contributed by atoms with E-state index in [4.69, 9.17) is 4.74 Å². The van der Waals surface area contributed by atoms with Gasteiger partial charge in [0.15, 0.2) is 0 Å². The van der Waals surface area contributed by atoms with E-state index in [9.17, 15) is 17.6 Å². The average molecular weight is 341 g/mol. The predicted molar refractivity (Wildman–Crippen MR) is 81.7 cm³/mol. The van der Waals surface area contributed by atoms with E-state index in [1.807, 2.05) is 0 Å². The lowest BCUT2D eigenvalue weighted by Gasteiger charge is -2.33. The molecular weight excluding hydrogens is 321 g/mol. The van der Waals surface area contributed by atoms with Gasteiger partial charge in [-0.15, -0.1) is 0 Å². The van der Waals surface area contributed by atoms with Gasteiger partial charge in [0.1, 0.15) is 5.82 Å². The molecule has 0 amide bonds. The topological polar surface area (TPSA) is 63.7 Å². The number of halogens is 1. The van der Waals surface area contributed by atoms with Crippen molar-refractivity contribution in [3.63, 3.8) is 0 Å². The summed E-state index contributed by atoms with van der Waals surface area (Å²) in [5.74, 6) is -0.998. The molecule has 0 N–H and O–H groups in total. The Balaban J connectivity index is 2.06. The first-order valence-electron chi connectivity index (χ1n) is 7.85. The fourth-order valence-electron chi connectivity index (χ4n) is 3.66. The largest absolute Gasteiger partial charge is 0.469 e. The number of esters is 1. The second kappa shape index (κ2) is 6.20. The first-order valence-corrected chi connectivity index (χ1v) is 9.29. The van der Waals surface area contributed by atoms with Gasteiger partial charge in [0, 0.05) is 6.04 Å². The summed E-state index contributed by atoms with van der Waals surface area (Å²) < 4.78 is 45.6. The minimum atomic E-state index is -3.71. The van der Waals surface area contributed by atoms with Crippen molar-refractivity contribution in [2.24, 2.45) is 0 Å². The molecule has 0 aromatic heterocycles. The summed E-state index contributed by atoms with van der Waals surface area (Å²) in [6.45, 7) is 0. The van der Waals surface area contributed by atoms with E-state index in [1.54, 1.807) is 0 Å². The molecule has 1 heterocycles. The SMILES string of the molecule is COC(=O)C[C@H]1c2cc(F)ccc2S(=O)(=O)N1C1CCCCC1. The minimum absolute atomic E-state index is 0.0946. The van der Waals surface area contributed by atoms with Crippen LogP contribution in [0.3, 0.4) is 0 Å². The second-order valence-corrected chi connectivity index (χ2v) is 7.92. The van der Waals surface area contributed by atoms with Crippen LogP contribution in [0.1, 0.15) is 50.1 Å². The van der Waals surface area contributed by atoms with Crippen LogP contribution in [-0.4, -0.2) is 31.8 Å². The van der Waals surface area contributed by atoms with Gasteiger partial charge in [-0.1, -0.05) is 19.3 Å². The van der Waals surface area contributed by atoms with E-state index in [2.05, 4.69) is 0 Å². The van der Waals surface area contributed by atoms with E-state index in [0.717, 1.165) is 38.2 Å². The number of methoxy groups -OCH3 is 1. The minimum Gasteiger partial charge on any atom is -0.469 e. The smallest absolute Gasteiger partial charge is 0.307 e. The van der Waals surface area contributed by atoms with Crippen molar-refractivity contribution in [2.45, 2.75) is 55.5 Å². The molecule has 0 radical (unpaired) electrons. The molecule has 1 aromatic rings. The van der Waals surface area contributed by atoms with Crippen molar-refractivity contribution < 1.29 is 22.3 Å². The average Bonchev–Trinajstić information content (AvgIpc) is 2.75. The number of sulfonamides is 1. The summed E-state index contributed by atoms with van der Waals surface area (Å²) in [6, 6.07) is 2.85. The highest BCUT2D eigenvalue weighted by molar-refractivity contribution is 7.89. The molecule has 1 saturated carbocycles. The monoisotopic (exact) mass is 341 g/mol. The van der Waals surface area contributed by atoms with Gasteiger partial charge in [0.2, 0.25) is 10.0 Å². The fourth-order valence-corrected chi connectivity index (χ4v) is 5.75. The van der Waals surface area contributed by atoms with Crippen LogP contribution in [0.5, 0.6) is 0 Å². The van der Waals surface area contributed by atoms with E-state index in [1.165, 1.54) is 23.5 Å². The van der Waals surface area contributed by atoms with E-state index < -0.39 is 27.9 Å². The maximum Gasteiger partial charge on any atom is 0.307 e. The van der Waals surface area contributed by atoms with Crippen molar-refractivity contribution in [1.82, 2.24) is 4.31 Å². The third kappa shape index (κ3) is 2.87. The van der Waals surface area contributed by atoms with E-state index >= 15 is 0 Å². The molecule has 3 rings (SSSR count). The Labute approximate surface area is 135 Å². The van der Waals surface area contributed by atoms with Gasteiger partial charge in [-0.2, -0.15) is 4.31 Å². The highest BCUT2D eigenvalue weighted by Gasteiger charge is 2.47. The molecule has 1 aliphatic carbocycles. The Morgan fingerprint density at radius 2 is 2.00 bits per heavy atom. The van der Waals surface area contributed by atoms with Gasteiger partial charge in [0.05, 0.1) is 24.5 Å². The van der Waals surface area contributed by atoms with Crippen LogP contribution in [0.25, 0.3) is 0 Å². The summed E-state index contributed by atoms with van der Waals surface area (Å²) in [5.41, 5.74) is 0.362. The Morgan fingerprint density at radius 1 is 1.30 bits per heavy atom. The first kappa shape index (κ1) is 16.4. The normalized spacial score (nSPS) is 24.3. The number of ether oxygens (including phenoxy) is 1. The van der Waals surface area contributed by atoms with Crippen molar-refractivity contribution in [2.75, 3.05) is 7.11 Å². The lowest BCUT2D eigenvalue weighted by Crippen LogP contribution is -2.40. The van der Waals surface area contributed by atoms with Crippen LogP contribution >= 0.6 is 0 Å². The quantitative estimate of drug-likeness (QED) is 0.793. The molecule has 2 aliphatic rings. The zero-order chi connectivity index (χ0) is 16.6. The number of rotatable bonds is 3. The zero-order valence-electron chi connectivity index (χ0n) is 13.0. The number of nitrogens with zero attached hydrogens (tertiary/aromatic N) is 1. The molecule has 126 valence electrons. The standard InChI is InChI=1S/C16H20FNO4S/c1-22-16(19)10-14-13-9-11(17)7-8-15(13)23(20,21)18(14)12-5-3-2-4-6-12/h7-9,12,14H,2-6,10H2,1H3/t14-/m0/s1. The molecule has 7 heteroatoms. The van der Waals surface area contributed by atoms with E-state index in [0.29, 0.717) is 5.56 Å². The van der Waals surface area contributed by atoms with Crippen LogP contribution in [0.15, 0.2) is 23.1 Å². The number of hydrogen-bond donors (Lipinski definition) is 0. The molecular formula is C16H20FNO4S. The summed E-state index contributed by atoms with van der Waals surface area (Å²) in [4.78, 5) is 11.9. The number of benzene rings is 1. The highest BCUT2D eigenvalue weighted by atomic mass is 32.2. The molecule has 0 bridgehead atoms. The van der Waals surface area contributed by atoms with Crippen molar-refractivity contribution in [1.29, 1.82) is 0 Å². The Kier molecular flexibility index (Phi) is 4.42. The first-order chi connectivity index (χ1) is 10.9. The van der Waals surface area contributed by atoms with Crippen LogP contribution in [-0.2, 0) is 19.6 Å². The summed E-state index contributed by atoms with van der Waals surface area (Å²) >= 11 is 0. The van der Waals surface area contributed by atoms with Gasteiger partial charge in [-0.3, -0.25) is 4.79 Å². The van der Waals surface area contributed by atoms with Gasteiger partial charge in [0.25, 0.3) is 0 Å². The molecule has 1 aliphatic heterocycles. The number of hydrogen-bond acceptors (Lipinski definition) is 4. The maximum absolute atomic E-state index is 13.6. The Bertz CT molecular complexity index is 713. The maximum atomic E-state index is 13.6. The second-order valence-electron chi connectivity index (χ2n) is 6.10. The Morgan fingerprint density at radius 3 is 2.65 bits per heavy atom. The Hall–Kier alpha value is -1.47. The summed E-state index contributed by atoms with van der Waals surface area (Å²) in [6.07, 6.45) is 4.47.